The third-order valence-corrected chi connectivity index (χ3v) is 4.76. The van der Waals surface area contributed by atoms with Gasteiger partial charge in [0.1, 0.15) is 0 Å². The molecule has 6 nitrogen and oxygen atoms in total. The Morgan fingerprint density at radius 3 is 2.44 bits per heavy atom. The molecule has 0 unspecified atom stereocenters. The topological polar surface area (TPSA) is 66.9 Å². The maximum Gasteiger partial charge on any atom is 0.309 e. The number of carbonyl (C=O) groups excluding carboxylic acids is 3. The number of benzene rings is 1. The van der Waals surface area contributed by atoms with Crippen LogP contribution in [0, 0.1) is 5.92 Å². The third kappa shape index (κ3) is 6.40. The zero-order chi connectivity index (χ0) is 19.8. The second-order valence-corrected chi connectivity index (χ2v) is 6.92. The van der Waals surface area contributed by atoms with Gasteiger partial charge in [-0.25, -0.2) is 0 Å². The van der Waals surface area contributed by atoms with Crippen molar-refractivity contribution in [3.05, 3.63) is 40.9 Å². The summed E-state index contributed by atoms with van der Waals surface area (Å²) < 4.78 is 5.03. The van der Waals surface area contributed by atoms with Crippen LogP contribution < -0.4 is 0 Å². The molecule has 0 bridgehead atoms. The van der Waals surface area contributed by atoms with Crippen molar-refractivity contribution < 1.29 is 19.1 Å². The first-order valence-electron chi connectivity index (χ1n) is 9.04. The number of nitrogens with zero attached hydrogens (tertiary/aromatic N) is 2. The lowest BCUT2D eigenvalue weighted by atomic mass is 9.97. The number of esters is 1. The molecule has 1 aliphatic heterocycles. The maximum atomic E-state index is 12.4. The molecule has 0 N–H and O–H groups in total. The molecule has 1 fully saturated rings. The molecule has 2 amide bonds. The van der Waals surface area contributed by atoms with Crippen LogP contribution in [-0.4, -0.2) is 60.9 Å². The molecule has 0 radical (unpaired) electrons. The minimum absolute atomic E-state index is 0.00780. The molecule has 1 heterocycles. The summed E-state index contributed by atoms with van der Waals surface area (Å²) in [5, 5.41) is 0.632. The van der Waals surface area contributed by atoms with Crippen LogP contribution in [0.4, 0.5) is 0 Å². The first-order chi connectivity index (χ1) is 12.9. The number of likely N-dealkylation sites (N-methyl/N-ethyl adjacent to an activating group) is 1. The summed E-state index contributed by atoms with van der Waals surface area (Å²) >= 11 is 5.83. The van der Waals surface area contributed by atoms with Gasteiger partial charge in [-0.2, -0.15) is 0 Å². The lowest BCUT2D eigenvalue weighted by Crippen LogP contribution is -2.45. The number of likely N-dealkylation sites (tertiary alicyclic amines) is 1. The van der Waals surface area contributed by atoms with Gasteiger partial charge in [-0.15, -0.1) is 0 Å². The van der Waals surface area contributed by atoms with Crippen LogP contribution in [0.25, 0.3) is 6.08 Å². The normalized spacial score (nSPS) is 15.0. The molecule has 7 heteroatoms. The number of carbonyl (C=O) groups is 3. The quantitative estimate of drug-likeness (QED) is 0.551. The number of amides is 2. The van der Waals surface area contributed by atoms with Gasteiger partial charge in [-0.05, 0) is 43.5 Å². The van der Waals surface area contributed by atoms with Gasteiger partial charge >= 0.3 is 5.97 Å². The first kappa shape index (κ1) is 21.0. The van der Waals surface area contributed by atoms with Gasteiger partial charge in [0.25, 0.3) is 0 Å². The Hall–Kier alpha value is -2.34. The average Bonchev–Trinajstić information content (AvgIpc) is 2.67. The van der Waals surface area contributed by atoms with E-state index in [1.54, 1.807) is 37.1 Å². The fraction of sp³-hybridized carbons (Fsp3) is 0.450. The van der Waals surface area contributed by atoms with Crippen LogP contribution in [0.2, 0.25) is 5.02 Å². The Bertz CT molecular complexity index is 694. The molecule has 27 heavy (non-hydrogen) atoms. The Balaban J connectivity index is 1.80. The number of halogens is 1. The van der Waals surface area contributed by atoms with Crippen molar-refractivity contribution in [2.24, 2.45) is 5.92 Å². The monoisotopic (exact) mass is 392 g/mol. The molecule has 1 aliphatic rings. The fourth-order valence-electron chi connectivity index (χ4n) is 2.87. The summed E-state index contributed by atoms with van der Waals surface area (Å²) in [7, 11) is 1.60. The van der Waals surface area contributed by atoms with Crippen molar-refractivity contribution >= 4 is 35.5 Å². The molecule has 0 aliphatic carbocycles. The van der Waals surface area contributed by atoms with E-state index in [2.05, 4.69) is 0 Å². The van der Waals surface area contributed by atoms with Gasteiger partial charge in [0, 0.05) is 31.2 Å². The van der Waals surface area contributed by atoms with Crippen molar-refractivity contribution in [3.63, 3.8) is 0 Å². The van der Waals surface area contributed by atoms with E-state index in [1.807, 2.05) is 12.1 Å². The molecule has 0 atom stereocenters. The molecule has 1 aromatic rings. The molecule has 0 saturated carbocycles. The van der Waals surface area contributed by atoms with Crippen molar-refractivity contribution in [1.29, 1.82) is 0 Å². The lowest BCUT2D eigenvalue weighted by Gasteiger charge is -2.32. The van der Waals surface area contributed by atoms with E-state index < -0.39 is 0 Å². The minimum atomic E-state index is -0.250. The summed E-state index contributed by atoms with van der Waals surface area (Å²) in [6.07, 6.45) is 4.31. The van der Waals surface area contributed by atoms with E-state index in [0.717, 1.165) is 5.56 Å². The summed E-state index contributed by atoms with van der Waals surface area (Å²) in [5.41, 5.74) is 0.855. The minimum Gasteiger partial charge on any atom is -0.466 e. The van der Waals surface area contributed by atoms with E-state index in [4.69, 9.17) is 16.3 Å². The van der Waals surface area contributed by atoms with Crippen LogP contribution in [0.1, 0.15) is 25.3 Å². The van der Waals surface area contributed by atoms with E-state index in [1.165, 1.54) is 11.0 Å². The Kier molecular flexibility index (Phi) is 7.85. The van der Waals surface area contributed by atoms with Crippen LogP contribution in [0.5, 0.6) is 0 Å². The highest BCUT2D eigenvalue weighted by Crippen LogP contribution is 2.19. The zero-order valence-electron chi connectivity index (χ0n) is 15.7. The molecule has 0 spiro atoms. The average molecular weight is 393 g/mol. The van der Waals surface area contributed by atoms with E-state index in [-0.39, 0.29) is 30.2 Å². The standard InChI is InChI=1S/C20H25ClN2O4/c1-3-27-20(26)16-10-12-23(13-11-16)19(25)14-22(2)18(24)9-6-15-4-7-17(21)8-5-15/h4-9,16H,3,10-14H2,1-2H3. The molecule has 1 saturated heterocycles. The molecule has 1 aromatic carbocycles. The summed E-state index contributed by atoms with van der Waals surface area (Å²) in [6, 6.07) is 7.12. The third-order valence-electron chi connectivity index (χ3n) is 4.50. The zero-order valence-corrected chi connectivity index (χ0v) is 16.4. The second-order valence-electron chi connectivity index (χ2n) is 6.49. The number of hydrogen-bond acceptors (Lipinski definition) is 4. The van der Waals surface area contributed by atoms with E-state index in [0.29, 0.717) is 37.6 Å². The first-order valence-corrected chi connectivity index (χ1v) is 9.41. The van der Waals surface area contributed by atoms with Crippen molar-refractivity contribution in [2.45, 2.75) is 19.8 Å². The van der Waals surface area contributed by atoms with Gasteiger partial charge in [0.15, 0.2) is 0 Å². The molecular weight excluding hydrogens is 368 g/mol. The van der Waals surface area contributed by atoms with Crippen molar-refractivity contribution in [3.8, 4) is 0 Å². The Morgan fingerprint density at radius 2 is 1.85 bits per heavy atom. The maximum absolute atomic E-state index is 12.4. The predicted octanol–water partition coefficient (Wildman–Crippen LogP) is 2.61. The number of ether oxygens (including phenoxy) is 1. The van der Waals surface area contributed by atoms with Gasteiger partial charge in [-0.3, -0.25) is 14.4 Å². The van der Waals surface area contributed by atoms with Crippen LogP contribution in [-0.2, 0) is 19.1 Å². The summed E-state index contributed by atoms with van der Waals surface area (Å²) in [5.74, 6) is -0.701. The number of piperidine rings is 1. The smallest absolute Gasteiger partial charge is 0.309 e. The molecular formula is C20H25ClN2O4. The van der Waals surface area contributed by atoms with Gasteiger partial charge < -0.3 is 14.5 Å². The van der Waals surface area contributed by atoms with E-state index >= 15 is 0 Å². The summed E-state index contributed by atoms with van der Waals surface area (Å²) in [4.78, 5) is 39.4. The van der Waals surface area contributed by atoms with Gasteiger partial charge in [0.05, 0.1) is 19.1 Å². The SMILES string of the molecule is CCOC(=O)C1CCN(C(=O)CN(C)C(=O)C=Cc2ccc(Cl)cc2)CC1. The van der Waals surface area contributed by atoms with Crippen LogP contribution in [0.15, 0.2) is 30.3 Å². The van der Waals surface area contributed by atoms with Crippen LogP contribution in [0.3, 0.4) is 0 Å². The fourth-order valence-corrected chi connectivity index (χ4v) is 3.00. The number of hydrogen-bond donors (Lipinski definition) is 0. The van der Waals surface area contributed by atoms with Crippen LogP contribution >= 0.6 is 11.6 Å². The highest BCUT2D eigenvalue weighted by atomic mass is 35.5. The number of rotatable bonds is 6. The van der Waals surface area contributed by atoms with Gasteiger partial charge in [-0.1, -0.05) is 23.7 Å². The Morgan fingerprint density at radius 1 is 1.22 bits per heavy atom. The molecule has 2 rings (SSSR count). The van der Waals surface area contributed by atoms with Gasteiger partial charge in [0.2, 0.25) is 11.8 Å². The molecule has 0 aromatic heterocycles. The lowest BCUT2D eigenvalue weighted by molar-refractivity contribution is -0.151. The Labute approximate surface area is 164 Å². The predicted molar refractivity (Wildman–Crippen MR) is 104 cm³/mol. The van der Waals surface area contributed by atoms with Crippen molar-refractivity contribution in [2.75, 3.05) is 33.3 Å². The highest BCUT2D eigenvalue weighted by Gasteiger charge is 2.28. The molecule has 146 valence electrons. The largest absolute Gasteiger partial charge is 0.466 e. The highest BCUT2D eigenvalue weighted by molar-refractivity contribution is 6.30. The van der Waals surface area contributed by atoms with Crippen molar-refractivity contribution in [1.82, 2.24) is 9.80 Å². The van der Waals surface area contributed by atoms with E-state index in [9.17, 15) is 14.4 Å². The summed E-state index contributed by atoms with van der Waals surface area (Å²) in [6.45, 7) is 3.17. The second kappa shape index (κ2) is 10.1.